The van der Waals surface area contributed by atoms with Crippen molar-refractivity contribution in [1.82, 2.24) is 4.98 Å². The van der Waals surface area contributed by atoms with Crippen LogP contribution in [0.3, 0.4) is 0 Å². The number of nitrogens with zero attached hydrogens (tertiary/aromatic N) is 2. The topological polar surface area (TPSA) is 45.9 Å². The number of alkyl halides is 3. The largest absolute Gasteiger partial charge is 0.495 e. The van der Waals surface area contributed by atoms with E-state index < -0.39 is 6.43 Å². The van der Waals surface area contributed by atoms with E-state index in [2.05, 4.69) is 20.9 Å². The first-order valence-electron chi connectivity index (χ1n) is 4.41. The summed E-state index contributed by atoms with van der Waals surface area (Å²) in [6, 6.07) is 1.93. The molecule has 0 N–H and O–H groups in total. The summed E-state index contributed by atoms with van der Waals surface area (Å²) in [5, 5.41) is 8.88. The van der Waals surface area contributed by atoms with Crippen LogP contribution in [0.5, 0.6) is 5.75 Å². The predicted molar refractivity (Wildman–Crippen MR) is 57.7 cm³/mol. The van der Waals surface area contributed by atoms with Crippen molar-refractivity contribution in [3.8, 4) is 11.8 Å². The van der Waals surface area contributed by atoms with E-state index in [1.807, 2.05) is 6.07 Å². The van der Waals surface area contributed by atoms with Crippen molar-refractivity contribution in [2.24, 2.45) is 0 Å². The molecule has 3 nitrogen and oxygen atoms in total. The first kappa shape index (κ1) is 12.8. The highest BCUT2D eigenvalue weighted by Gasteiger charge is 2.20. The van der Waals surface area contributed by atoms with E-state index in [1.165, 1.54) is 13.3 Å². The number of ether oxygens (including phenoxy) is 1. The molecule has 0 unspecified atom stereocenters. The van der Waals surface area contributed by atoms with Crippen molar-refractivity contribution in [3.63, 3.8) is 0 Å². The fraction of sp³-hybridized carbons (Fsp3) is 0.400. The molecule has 0 aliphatic rings. The SMILES string of the molecule is COc1cnc(C(F)F)c(CBr)c1CC#N. The Morgan fingerprint density at radius 3 is 2.69 bits per heavy atom. The zero-order chi connectivity index (χ0) is 12.1. The highest BCUT2D eigenvalue weighted by Crippen LogP contribution is 2.31. The van der Waals surface area contributed by atoms with Crippen molar-refractivity contribution >= 4 is 15.9 Å². The van der Waals surface area contributed by atoms with Crippen molar-refractivity contribution in [3.05, 3.63) is 23.0 Å². The molecule has 0 amide bonds. The Morgan fingerprint density at radius 2 is 2.25 bits per heavy atom. The van der Waals surface area contributed by atoms with Crippen molar-refractivity contribution in [2.75, 3.05) is 7.11 Å². The molecule has 1 heterocycles. The Hall–Kier alpha value is -1.22. The van der Waals surface area contributed by atoms with Gasteiger partial charge in [0.15, 0.2) is 0 Å². The molecule has 0 aliphatic carbocycles. The molecule has 1 aromatic rings. The number of methoxy groups -OCH3 is 1. The third-order valence-corrected chi connectivity index (χ3v) is 2.67. The molecule has 0 saturated carbocycles. The Balaban J connectivity index is 3.38. The van der Waals surface area contributed by atoms with Crippen LogP contribution >= 0.6 is 15.9 Å². The number of hydrogen-bond acceptors (Lipinski definition) is 3. The molecule has 6 heteroatoms. The quantitative estimate of drug-likeness (QED) is 0.801. The number of hydrogen-bond donors (Lipinski definition) is 0. The maximum atomic E-state index is 12.7. The minimum absolute atomic E-state index is 0.0202. The highest BCUT2D eigenvalue weighted by atomic mass is 79.9. The average molecular weight is 291 g/mol. The fourth-order valence-electron chi connectivity index (χ4n) is 1.37. The first-order chi connectivity index (χ1) is 7.65. The van der Waals surface area contributed by atoms with E-state index >= 15 is 0 Å². The van der Waals surface area contributed by atoms with Crippen molar-refractivity contribution in [2.45, 2.75) is 18.2 Å². The third kappa shape index (κ3) is 2.47. The molecule has 1 aromatic heterocycles. The van der Waals surface area contributed by atoms with Crippen LogP contribution in [-0.2, 0) is 11.8 Å². The summed E-state index contributed by atoms with van der Waals surface area (Å²) < 4.78 is 30.3. The number of halogens is 3. The lowest BCUT2D eigenvalue weighted by Gasteiger charge is -2.13. The maximum Gasteiger partial charge on any atom is 0.280 e. The van der Waals surface area contributed by atoms with Crippen LogP contribution < -0.4 is 4.74 Å². The van der Waals surface area contributed by atoms with Gasteiger partial charge in [-0.15, -0.1) is 0 Å². The normalized spacial score (nSPS) is 10.2. The van der Waals surface area contributed by atoms with Crippen LogP contribution in [0.2, 0.25) is 0 Å². The van der Waals surface area contributed by atoms with E-state index in [4.69, 9.17) is 10.00 Å². The van der Waals surface area contributed by atoms with Gasteiger partial charge < -0.3 is 4.74 Å². The molecule has 0 saturated heterocycles. The van der Waals surface area contributed by atoms with Gasteiger partial charge in [-0.3, -0.25) is 4.98 Å². The molecule has 0 bridgehead atoms. The Morgan fingerprint density at radius 1 is 1.56 bits per heavy atom. The number of pyridine rings is 1. The summed E-state index contributed by atoms with van der Waals surface area (Å²) in [5.41, 5.74) is 0.492. The number of aromatic nitrogens is 1. The van der Waals surface area contributed by atoms with Crippen molar-refractivity contribution in [1.29, 1.82) is 5.26 Å². The summed E-state index contributed by atoms with van der Waals surface area (Å²) >= 11 is 3.12. The minimum atomic E-state index is -2.66. The van der Waals surface area contributed by atoms with Gasteiger partial charge in [-0.2, -0.15) is 5.26 Å². The molecule has 0 atom stereocenters. The smallest absolute Gasteiger partial charge is 0.280 e. The van der Waals surface area contributed by atoms with Crippen LogP contribution in [0.15, 0.2) is 6.20 Å². The second kappa shape index (κ2) is 5.75. The first-order valence-corrected chi connectivity index (χ1v) is 5.53. The molecular formula is C10H9BrF2N2O. The lowest BCUT2D eigenvalue weighted by atomic mass is 10.0. The molecule has 1 rings (SSSR count). The molecule has 0 aliphatic heterocycles. The predicted octanol–water partition coefficient (Wildman–Crippen LogP) is 2.99. The summed E-state index contributed by atoms with van der Waals surface area (Å²) in [5.74, 6) is 0.361. The van der Waals surface area contributed by atoms with Crippen LogP contribution in [-0.4, -0.2) is 12.1 Å². The Kier molecular flexibility index (Phi) is 4.62. The van der Waals surface area contributed by atoms with Gasteiger partial charge in [0.25, 0.3) is 6.43 Å². The van der Waals surface area contributed by atoms with Gasteiger partial charge in [-0.1, -0.05) is 15.9 Å². The summed E-state index contributed by atoms with van der Waals surface area (Å²) in [4.78, 5) is 3.65. The van der Waals surface area contributed by atoms with E-state index in [0.29, 0.717) is 16.9 Å². The van der Waals surface area contributed by atoms with Crippen LogP contribution in [0.1, 0.15) is 23.2 Å². The molecule has 0 fully saturated rings. The second-order valence-electron chi connectivity index (χ2n) is 2.94. The number of rotatable bonds is 4. The molecule has 0 radical (unpaired) electrons. The van der Waals surface area contributed by atoms with Gasteiger partial charge in [0, 0.05) is 10.9 Å². The zero-order valence-electron chi connectivity index (χ0n) is 8.51. The van der Waals surface area contributed by atoms with E-state index in [9.17, 15) is 8.78 Å². The van der Waals surface area contributed by atoms with Crippen molar-refractivity contribution < 1.29 is 13.5 Å². The number of nitriles is 1. The van der Waals surface area contributed by atoms with E-state index in [1.54, 1.807) is 0 Å². The Labute approximate surface area is 100 Å². The van der Waals surface area contributed by atoms with E-state index in [0.717, 1.165) is 0 Å². The highest BCUT2D eigenvalue weighted by molar-refractivity contribution is 9.08. The summed E-state index contributed by atoms with van der Waals surface area (Å²) in [7, 11) is 1.41. The molecule has 0 aromatic carbocycles. The lowest BCUT2D eigenvalue weighted by molar-refractivity contribution is 0.145. The summed E-state index contributed by atoms with van der Waals surface area (Å²) in [6.45, 7) is 0. The second-order valence-corrected chi connectivity index (χ2v) is 3.50. The summed E-state index contributed by atoms with van der Waals surface area (Å²) in [6.07, 6.45) is -1.41. The molecular weight excluding hydrogens is 282 g/mol. The van der Waals surface area contributed by atoms with Crippen LogP contribution in [0, 0.1) is 11.3 Å². The van der Waals surface area contributed by atoms with Gasteiger partial charge in [0.2, 0.25) is 0 Å². The van der Waals surface area contributed by atoms with Crippen LogP contribution in [0.4, 0.5) is 8.78 Å². The molecule has 16 heavy (non-hydrogen) atoms. The van der Waals surface area contributed by atoms with Crippen LogP contribution in [0.25, 0.3) is 0 Å². The zero-order valence-corrected chi connectivity index (χ0v) is 10.1. The standard InChI is InChI=1S/C10H9BrF2N2O/c1-16-8-5-15-9(10(12)13)7(4-11)6(8)2-3-14/h5,10H,2,4H2,1H3. The maximum absolute atomic E-state index is 12.7. The van der Waals surface area contributed by atoms with Gasteiger partial charge >= 0.3 is 0 Å². The molecule has 86 valence electrons. The fourth-order valence-corrected chi connectivity index (χ4v) is 2.00. The minimum Gasteiger partial charge on any atom is -0.495 e. The Bertz CT molecular complexity index is 418. The van der Waals surface area contributed by atoms with E-state index in [-0.39, 0.29) is 17.4 Å². The van der Waals surface area contributed by atoms with Gasteiger partial charge in [-0.05, 0) is 5.56 Å². The average Bonchev–Trinajstić information content (AvgIpc) is 2.28. The van der Waals surface area contributed by atoms with Gasteiger partial charge in [0.05, 0.1) is 25.8 Å². The third-order valence-electron chi connectivity index (χ3n) is 2.11. The lowest BCUT2D eigenvalue weighted by Crippen LogP contribution is -2.04. The van der Waals surface area contributed by atoms with Gasteiger partial charge in [-0.25, -0.2) is 8.78 Å². The van der Waals surface area contributed by atoms with Gasteiger partial charge in [0.1, 0.15) is 11.4 Å². The molecule has 0 spiro atoms. The monoisotopic (exact) mass is 290 g/mol.